The van der Waals surface area contributed by atoms with Gasteiger partial charge < -0.3 is 35.8 Å². The smallest absolute Gasteiger partial charge is 0.326 e. The van der Waals surface area contributed by atoms with Crippen LogP contribution in [0.3, 0.4) is 0 Å². The normalized spacial score (nSPS) is 21.8. The maximum Gasteiger partial charge on any atom is 0.326 e. The molecule has 12 heteroatoms. The minimum Gasteiger partial charge on any atom is -0.495 e. The van der Waals surface area contributed by atoms with Crippen LogP contribution in [0.1, 0.15) is 76.7 Å². The quantitative estimate of drug-likeness (QED) is 0.144. The molecule has 3 amide bonds. The van der Waals surface area contributed by atoms with Gasteiger partial charge >= 0.3 is 5.97 Å². The summed E-state index contributed by atoms with van der Waals surface area (Å²) in [7, 11) is 1.50. The number of aliphatic carboxylic acids is 1. The molecule has 6 atom stereocenters. The van der Waals surface area contributed by atoms with Crippen molar-refractivity contribution in [2.75, 3.05) is 7.11 Å². The van der Waals surface area contributed by atoms with Crippen molar-refractivity contribution in [1.29, 1.82) is 0 Å². The Morgan fingerprint density at radius 2 is 1.82 bits per heavy atom. The van der Waals surface area contributed by atoms with Gasteiger partial charge in [0.15, 0.2) is 0 Å². The number of nitrogens with zero attached hydrogens (tertiary/aromatic N) is 1. The standard InChI is InChI=1S/C37H49ClN4O7/c1-21(2)17-27(34(45)46)40-36(47)37(4,5)35-41-33(44)28(19-24-13-16-29(48-6)26(38)18-24)42(35)30(43)10-8-7-9-22(3)31-32(49-31)25-14-11-23(20-39)12-15-25/h8,10-16,18,21-22,27-28,31-32,35H,7,9,17,19-20,39H2,1-6H3,(H,40,47)(H,41,44)(H,45,46)/b10-8+/t22-,27-,28+,31?,32?,35?/m0/s1. The van der Waals surface area contributed by atoms with Gasteiger partial charge in [0.1, 0.15) is 30.1 Å². The fourth-order valence-electron chi connectivity index (χ4n) is 6.29. The fourth-order valence-corrected chi connectivity index (χ4v) is 6.57. The zero-order chi connectivity index (χ0) is 36.0. The average molecular weight is 697 g/mol. The molecule has 11 nitrogen and oxygen atoms in total. The lowest BCUT2D eigenvalue weighted by Gasteiger charge is -2.37. The third-order valence-electron chi connectivity index (χ3n) is 9.35. The molecule has 2 aliphatic heterocycles. The Kier molecular flexibility index (Phi) is 12.5. The number of allylic oxidation sites excluding steroid dienone is 1. The van der Waals surface area contributed by atoms with Gasteiger partial charge in [-0.2, -0.15) is 0 Å². The summed E-state index contributed by atoms with van der Waals surface area (Å²) >= 11 is 6.36. The number of epoxide rings is 1. The summed E-state index contributed by atoms with van der Waals surface area (Å²) in [6.45, 7) is 9.53. The zero-order valence-corrected chi connectivity index (χ0v) is 29.8. The van der Waals surface area contributed by atoms with E-state index in [1.54, 1.807) is 38.1 Å². The topological polar surface area (TPSA) is 164 Å². The minimum atomic E-state index is -1.38. The SMILES string of the molecule is COc1ccc(C[C@@H]2C(=O)NC(C(C)(C)C(=O)N[C@@H](CC(C)C)C(=O)O)N2C(=O)/C=C/CC[C@H](C)C2OC2c2ccc(CN)cc2)cc1Cl. The predicted octanol–water partition coefficient (Wildman–Crippen LogP) is 4.76. The number of carbonyl (C=O) groups is 4. The van der Waals surface area contributed by atoms with E-state index in [0.29, 0.717) is 29.3 Å². The number of rotatable bonds is 16. The van der Waals surface area contributed by atoms with Crippen LogP contribution in [0.25, 0.3) is 0 Å². The van der Waals surface area contributed by atoms with Crippen LogP contribution in [-0.2, 0) is 36.9 Å². The first-order valence-corrected chi connectivity index (χ1v) is 17.1. The molecular formula is C37H49ClN4O7. The second kappa shape index (κ2) is 16.2. The van der Waals surface area contributed by atoms with Gasteiger partial charge in [0.2, 0.25) is 17.7 Å². The summed E-state index contributed by atoms with van der Waals surface area (Å²) in [6.07, 6.45) is 4.05. The highest BCUT2D eigenvalue weighted by molar-refractivity contribution is 6.32. The highest BCUT2D eigenvalue weighted by atomic mass is 35.5. The third kappa shape index (κ3) is 9.20. The van der Waals surface area contributed by atoms with Crippen LogP contribution in [0.2, 0.25) is 5.02 Å². The van der Waals surface area contributed by atoms with Gasteiger partial charge in [-0.05, 0) is 79.8 Å². The Hall–Kier alpha value is -3.93. The van der Waals surface area contributed by atoms with Crippen molar-refractivity contribution < 1.29 is 33.8 Å². The van der Waals surface area contributed by atoms with E-state index >= 15 is 0 Å². The zero-order valence-electron chi connectivity index (χ0n) is 29.1. The van der Waals surface area contributed by atoms with Crippen LogP contribution >= 0.6 is 11.6 Å². The van der Waals surface area contributed by atoms with Crippen molar-refractivity contribution in [3.63, 3.8) is 0 Å². The molecule has 0 aliphatic carbocycles. The Morgan fingerprint density at radius 1 is 1.14 bits per heavy atom. The van der Waals surface area contributed by atoms with E-state index in [4.69, 9.17) is 26.8 Å². The molecule has 2 aromatic carbocycles. The molecule has 0 aromatic heterocycles. The molecule has 2 aromatic rings. The number of carbonyl (C=O) groups excluding carboxylic acids is 3. The molecule has 0 saturated carbocycles. The number of benzene rings is 2. The van der Waals surface area contributed by atoms with Gasteiger partial charge in [-0.25, -0.2) is 4.79 Å². The molecule has 2 fully saturated rings. The Bertz CT molecular complexity index is 1540. The monoisotopic (exact) mass is 696 g/mol. The Balaban J connectivity index is 1.50. The highest BCUT2D eigenvalue weighted by Gasteiger charge is 2.52. The number of hydrogen-bond donors (Lipinski definition) is 4. The number of amides is 3. The minimum absolute atomic E-state index is 0.0163. The summed E-state index contributed by atoms with van der Waals surface area (Å²) in [5, 5.41) is 15.6. The van der Waals surface area contributed by atoms with E-state index in [1.165, 1.54) is 18.1 Å². The molecule has 0 bridgehead atoms. The number of hydrogen-bond acceptors (Lipinski definition) is 7. The van der Waals surface area contributed by atoms with Gasteiger partial charge in [-0.15, -0.1) is 0 Å². The van der Waals surface area contributed by atoms with Crippen molar-refractivity contribution in [1.82, 2.24) is 15.5 Å². The van der Waals surface area contributed by atoms with Gasteiger partial charge in [0.05, 0.1) is 23.7 Å². The van der Waals surface area contributed by atoms with Crippen LogP contribution in [0.15, 0.2) is 54.6 Å². The molecule has 4 rings (SSSR count). The van der Waals surface area contributed by atoms with Gasteiger partial charge in [-0.1, -0.05) is 68.8 Å². The number of halogens is 1. The molecule has 0 radical (unpaired) electrons. The van der Waals surface area contributed by atoms with Gasteiger partial charge in [0, 0.05) is 13.0 Å². The van der Waals surface area contributed by atoms with E-state index in [-0.39, 0.29) is 36.9 Å². The average Bonchev–Trinajstić information content (AvgIpc) is 3.79. The molecule has 2 saturated heterocycles. The molecule has 0 spiro atoms. The van der Waals surface area contributed by atoms with E-state index in [9.17, 15) is 24.3 Å². The summed E-state index contributed by atoms with van der Waals surface area (Å²) in [4.78, 5) is 54.4. The van der Waals surface area contributed by atoms with Crippen LogP contribution in [0, 0.1) is 17.3 Å². The van der Waals surface area contributed by atoms with Crippen molar-refractivity contribution in [2.24, 2.45) is 23.0 Å². The van der Waals surface area contributed by atoms with Crippen molar-refractivity contribution in [2.45, 2.75) is 97.3 Å². The highest BCUT2D eigenvalue weighted by Crippen LogP contribution is 2.44. The maximum absolute atomic E-state index is 13.9. The van der Waals surface area contributed by atoms with Crippen molar-refractivity contribution in [3.05, 3.63) is 76.3 Å². The van der Waals surface area contributed by atoms with Crippen molar-refractivity contribution >= 4 is 35.3 Å². The van der Waals surface area contributed by atoms with E-state index in [0.717, 1.165) is 17.5 Å². The summed E-state index contributed by atoms with van der Waals surface area (Å²) in [5.74, 6) is -1.89. The van der Waals surface area contributed by atoms with Crippen LogP contribution in [0.5, 0.6) is 5.75 Å². The molecule has 2 aliphatic rings. The molecule has 266 valence electrons. The third-order valence-corrected chi connectivity index (χ3v) is 9.65. The maximum atomic E-state index is 13.9. The number of carboxylic acids is 1. The van der Waals surface area contributed by atoms with Crippen LogP contribution < -0.4 is 21.1 Å². The molecule has 5 N–H and O–H groups in total. The molecule has 2 heterocycles. The lowest BCUT2D eigenvalue weighted by Crippen LogP contribution is -2.58. The van der Waals surface area contributed by atoms with Crippen LogP contribution in [-0.4, -0.2) is 65.2 Å². The summed E-state index contributed by atoms with van der Waals surface area (Å²) < 4.78 is 11.2. The van der Waals surface area contributed by atoms with Gasteiger partial charge in [0.25, 0.3) is 0 Å². The number of methoxy groups -OCH3 is 1. The number of nitrogens with two attached hydrogens (primary N) is 1. The summed E-state index contributed by atoms with van der Waals surface area (Å²) in [6, 6.07) is 11.2. The van der Waals surface area contributed by atoms with E-state index in [2.05, 4.69) is 17.6 Å². The largest absolute Gasteiger partial charge is 0.495 e. The fraction of sp³-hybridized carbons (Fsp3) is 0.514. The number of carboxylic acid groups (broad SMARTS) is 1. The number of nitrogens with one attached hydrogen (secondary N) is 2. The first kappa shape index (κ1) is 37.9. The molecule has 3 unspecified atom stereocenters. The first-order chi connectivity index (χ1) is 23.2. The lowest BCUT2D eigenvalue weighted by atomic mass is 9.86. The second-order valence-corrected chi connectivity index (χ2v) is 14.4. The Labute approximate surface area is 293 Å². The lowest BCUT2D eigenvalue weighted by molar-refractivity contribution is -0.146. The van der Waals surface area contributed by atoms with Gasteiger partial charge in [-0.3, -0.25) is 14.4 Å². The predicted molar refractivity (Wildman–Crippen MR) is 187 cm³/mol. The van der Waals surface area contributed by atoms with E-state index < -0.39 is 47.4 Å². The Morgan fingerprint density at radius 3 is 2.41 bits per heavy atom. The van der Waals surface area contributed by atoms with E-state index in [1.807, 2.05) is 38.1 Å². The first-order valence-electron chi connectivity index (χ1n) is 16.8. The van der Waals surface area contributed by atoms with Crippen molar-refractivity contribution in [3.8, 4) is 5.75 Å². The number of ether oxygens (including phenoxy) is 2. The molecule has 49 heavy (non-hydrogen) atoms. The summed E-state index contributed by atoms with van der Waals surface area (Å²) in [5.41, 5.74) is 7.21. The second-order valence-electron chi connectivity index (χ2n) is 14.0. The molecular weight excluding hydrogens is 648 g/mol. The van der Waals surface area contributed by atoms with Crippen LogP contribution in [0.4, 0.5) is 0 Å².